The maximum atomic E-state index is 13.4. The summed E-state index contributed by atoms with van der Waals surface area (Å²) in [5, 5.41) is 6.02. The molecule has 0 unspecified atom stereocenters. The molecule has 2 heterocycles. The first-order valence-electron chi connectivity index (χ1n) is 9.95. The van der Waals surface area contributed by atoms with E-state index >= 15 is 0 Å². The molecule has 166 valence electrons. The zero-order chi connectivity index (χ0) is 22.7. The van der Waals surface area contributed by atoms with E-state index in [1.807, 2.05) is 30.3 Å². The van der Waals surface area contributed by atoms with Gasteiger partial charge in [-0.15, -0.1) is 11.8 Å². The molecule has 3 aromatic rings. The molecular formula is C23H21F3N4OS. The lowest BCUT2D eigenvalue weighted by molar-refractivity contribution is -0.139. The van der Waals surface area contributed by atoms with Crippen molar-refractivity contribution in [3.8, 4) is 0 Å². The van der Waals surface area contributed by atoms with Gasteiger partial charge in [-0.25, -0.2) is 4.79 Å². The van der Waals surface area contributed by atoms with E-state index in [-0.39, 0.29) is 4.90 Å². The lowest BCUT2D eigenvalue weighted by Crippen LogP contribution is -2.33. The van der Waals surface area contributed by atoms with Crippen molar-refractivity contribution < 1.29 is 18.0 Å². The predicted molar refractivity (Wildman–Crippen MR) is 121 cm³/mol. The van der Waals surface area contributed by atoms with Crippen LogP contribution in [0.4, 0.5) is 35.0 Å². The van der Waals surface area contributed by atoms with Crippen molar-refractivity contribution in [2.45, 2.75) is 24.0 Å². The zero-order valence-electron chi connectivity index (χ0n) is 17.2. The molecule has 1 aromatic heterocycles. The smallest absolute Gasteiger partial charge is 0.379 e. The van der Waals surface area contributed by atoms with Crippen molar-refractivity contribution in [3.05, 3.63) is 77.6 Å². The van der Waals surface area contributed by atoms with E-state index in [9.17, 15) is 18.0 Å². The highest BCUT2D eigenvalue weighted by Gasteiger charge is 2.36. The van der Waals surface area contributed by atoms with Crippen molar-refractivity contribution in [1.29, 1.82) is 0 Å². The number of fused-ring (bicyclic) bond motifs is 1. The van der Waals surface area contributed by atoms with Crippen molar-refractivity contribution in [2.75, 3.05) is 28.3 Å². The van der Waals surface area contributed by atoms with Crippen LogP contribution < -0.4 is 15.5 Å². The molecule has 0 spiro atoms. The molecule has 32 heavy (non-hydrogen) atoms. The Morgan fingerprint density at radius 3 is 2.53 bits per heavy atom. The number of carbonyl (C=O) groups is 1. The van der Waals surface area contributed by atoms with Gasteiger partial charge in [0.05, 0.1) is 17.8 Å². The molecule has 0 saturated heterocycles. The Hall–Kier alpha value is -3.20. The molecule has 0 radical (unpaired) electrons. The third-order valence-electron chi connectivity index (χ3n) is 5.18. The Morgan fingerprint density at radius 1 is 1.12 bits per heavy atom. The molecule has 4 rings (SSSR count). The fraction of sp³-hybridized carbons (Fsp3) is 0.217. The number of pyridine rings is 1. The van der Waals surface area contributed by atoms with E-state index in [1.165, 1.54) is 11.0 Å². The van der Waals surface area contributed by atoms with Crippen LogP contribution >= 0.6 is 11.8 Å². The molecule has 0 bridgehead atoms. The second-order valence-corrected chi connectivity index (χ2v) is 8.11. The van der Waals surface area contributed by atoms with Crippen molar-refractivity contribution in [1.82, 2.24) is 4.98 Å². The normalized spacial score (nSPS) is 13.1. The van der Waals surface area contributed by atoms with Gasteiger partial charge in [-0.2, -0.15) is 13.2 Å². The highest BCUT2D eigenvalue weighted by atomic mass is 32.2. The summed E-state index contributed by atoms with van der Waals surface area (Å²) < 4.78 is 40.3. The van der Waals surface area contributed by atoms with Crippen molar-refractivity contribution in [3.63, 3.8) is 0 Å². The number of thioether (sulfide) groups is 1. The molecule has 0 aliphatic carbocycles. The Kier molecular flexibility index (Phi) is 6.27. The van der Waals surface area contributed by atoms with E-state index in [0.29, 0.717) is 30.9 Å². The molecule has 0 atom stereocenters. The van der Waals surface area contributed by atoms with Crippen molar-refractivity contribution >= 4 is 34.9 Å². The number of anilines is 3. The van der Waals surface area contributed by atoms with Gasteiger partial charge in [0.2, 0.25) is 0 Å². The third-order valence-corrected chi connectivity index (χ3v) is 5.96. The number of halogens is 3. The Morgan fingerprint density at radius 2 is 1.88 bits per heavy atom. The number of amides is 2. The average Bonchev–Trinajstić information content (AvgIpc) is 3.21. The Bertz CT molecular complexity index is 1100. The van der Waals surface area contributed by atoms with Gasteiger partial charge in [0, 0.05) is 34.7 Å². The summed E-state index contributed by atoms with van der Waals surface area (Å²) in [5.41, 5.74) is 2.66. The first kappa shape index (κ1) is 22.0. The lowest BCUT2D eigenvalue weighted by Gasteiger charge is -2.20. The fourth-order valence-corrected chi connectivity index (χ4v) is 4.23. The van der Waals surface area contributed by atoms with E-state index in [1.54, 1.807) is 24.6 Å². The SMILES string of the molecule is CSc1cc2c(cc1C(F)(F)F)N(C(=O)Nc1ccc(NCc3ccccn3)cc1)CC2. The third kappa shape index (κ3) is 4.83. The van der Waals surface area contributed by atoms with E-state index in [0.717, 1.165) is 34.8 Å². The van der Waals surface area contributed by atoms with Crippen molar-refractivity contribution in [2.24, 2.45) is 0 Å². The first-order chi connectivity index (χ1) is 15.3. The fourth-order valence-electron chi connectivity index (χ4n) is 3.57. The number of rotatable bonds is 5. The molecule has 0 fully saturated rings. The molecule has 2 N–H and O–H groups in total. The highest BCUT2D eigenvalue weighted by Crippen LogP contribution is 2.42. The van der Waals surface area contributed by atoms with Crippen LogP contribution in [0.25, 0.3) is 0 Å². The van der Waals surface area contributed by atoms with Crippen LogP contribution in [0.5, 0.6) is 0 Å². The molecule has 1 aliphatic rings. The largest absolute Gasteiger partial charge is 0.417 e. The zero-order valence-corrected chi connectivity index (χ0v) is 18.1. The van der Waals surface area contributed by atoms with Gasteiger partial charge in [-0.3, -0.25) is 9.88 Å². The monoisotopic (exact) mass is 458 g/mol. The Labute approximate surface area is 188 Å². The van der Waals surface area contributed by atoms with Gasteiger partial charge in [-0.1, -0.05) is 6.07 Å². The maximum Gasteiger partial charge on any atom is 0.417 e. The number of aromatic nitrogens is 1. The van der Waals surface area contributed by atoms with Crippen LogP contribution in [0.2, 0.25) is 0 Å². The number of alkyl halides is 3. The van der Waals surface area contributed by atoms with Gasteiger partial charge in [-0.05, 0) is 66.8 Å². The standard InChI is InChI=1S/C23H21F3N4OS/c1-32-21-12-15-9-11-30(20(15)13-19(21)23(24,25)26)22(31)29-17-7-5-16(6-8-17)28-14-18-4-2-3-10-27-18/h2-8,10,12-13,28H,9,11,14H2,1H3,(H,29,31). The minimum absolute atomic E-state index is 0.173. The van der Waals surface area contributed by atoms with Crippen LogP contribution in [0, 0.1) is 0 Å². The summed E-state index contributed by atoms with van der Waals surface area (Å²) in [4.78, 5) is 18.6. The second kappa shape index (κ2) is 9.12. The summed E-state index contributed by atoms with van der Waals surface area (Å²) in [6, 6.07) is 15.0. The van der Waals surface area contributed by atoms with Gasteiger partial charge >= 0.3 is 12.2 Å². The number of urea groups is 1. The summed E-state index contributed by atoms with van der Waals surface area (Å²) in [5.74, 6) is 0. The van der Waals surface area contributed by atoms with Gasteiger partial charge in [0.25, 0.3) is 0 Å². The number of nitrogens with one attached hydrogen (secondary N) is 2. The van der Waals surface area contributed by atoms with Crippen LogP contribution in [-0.4, -0.2) is 23.8 Å². The summed E-state index contributed by atoms with van der Waals surface area (Å²) in [6.07, 6.45) is -0.613. The van der Waals surface area contributed by atoms with Gasteiger partial charge in [0.1, 0.15) is 0 Å². The number of hydrogen-bond donors (Lipinski definition) is 2. The molecule has 9 heteroatoms. The highest BCUT2D eigenvalue weighted by molar-refractivity contribution is 7.98. The molecule has 5 nitrogen and oxygen atoms in total. The molecule has 1 aliphatic heterocycles. The summed E-state index contributed by atoms with van der Waals surface area (Å²) in [7, 11) is 0. The number of hydrogen-bond acceptors (Lipinski definition) is 4. The predicted octanol–water partition coefficient (Wildman–Crippen LogP) is 6.03. The number of carbonyl (C=O) groups excluding carboxylic acids is 1. The number of benzene rings is 2. The number of nitrogens with zero attached hydrogens (tertiary/aromatic N) is 2. The average molecular weight is 459 g/mol. The van der Waals surface area contributed by atoms with Crippen LogP contribution in [0.1, 0.15) is 16.8 Å². The minimum Gasteiger partial charge on any atom is -0.379 e. The van der Waals surface area contributed by atoms with Gasteiger partial charge in [0.15, 0.2) is 0 Å². The molecule has 0 saturated carbocycles. The van der Waals surface area contributed by atoms with Gasteiger partial charge < -0.3 is 10.6 Å². The molecular weight excluding hydrogens is 437 g/mol. The Balaban J connectivity index is 1.44. The molecule has 2 aromatic carbocycles. The van der Waals surface area contributed by atoms with E-state index in [4.69, 9.17) is 0 Å². The second-order valence-electron chi connectivity index (χ2n) is 7.26. The quantitative estimate of drug-likeness (QED) is 0.459. The van der Waals surface area contributed by atoms with E-state index < -0.39 is 17.8 Å². The lowest BCUT2D eigenvalue weighted by atomic mass is 10.1. The minimum atomic E-state index is -4.48. The first-order valence-corrected chi connectivity index (χ1v) is 11.2. The van der Waals surface area contributed by atoms with Crippen LogP contribution in [0.15, 0.2) is 65.7 Å². The van der Waals surface area contributed by atoms with E-state index in [2.05, 4.69) is 15.6 Å². The summed E-state index contributed by atoms with van der Waals surface area (Å²) >= 11 is 1.06. The topological polar surface area (TPSA) is 57.3 Å². The van der Waals surface area contributed by atoms with Crippen LogP contribution in [-0.2, 0) is 19.1 Å². The van der Waals surface area contributed by atoms with Crippen LogP contribution in [0.3, 0.4) is 0 Å². The molecule has 2 amide bonds. The summed E-state index contributed by atoms with van der Waals surface area (Å²) in [6.45, 7) is 0.899. The maximum absolute atomic E-state index is 13.4.